The number of aromatic nitrogens is 3. The SMILES string of the molecule is c1cc(OCCOC2CCCCO2)cc(-n2ccnn2)c1. The van der Waals surface area contributed by atoms with E-state index in [0.717, 1.165) is 30.9 Å². The molecule has 1 aromatic heterocycles. The smallest absolute Gasteiger partial charge is 0.157 e. The second kappa shape index (κ2) is 7.19. The first-order chi connectivity index (χ1) is 10.4. The monoisotopic (exact) mass is 289 g/mol. The normalized spacial score (nSPS) is 18.6. The van der Waals surface area contributed by atoms with Crippen molar-refractivity contribution in [2.24, 2.45) is 0 Å². The summed E-state index contributed by atoms with van der Waals surface area (Å²) in [7, 11) is 0. The average molecular weight is 289 g/mol. The van der Waals surface area contributed by atoms with Crippen molar-refractivity contribution in [3.05, 3.63) is 36.7 Å². The van der Waals surface area contributed by atoms with E-state index < -0.39 is 0 Å². The fourth-order valence-corrected chi connectivity index (χ4v) is 2.24. The van der Waals surface area contributed by atoms with E-state index >= 15 is 0 Å². The second-order valence-corrected chi connectivity index (χ2v) is 4.86. The third-order valence-electron chi connectivity index (χ3n) is 3.30. The lowest BCUT2D eigenvalue weighted by molar-refractivity contribution is -0.165. The summed E-state index contributed by atoms with van der Waals surface area (Å²) in [5, 5.41) is 7.75. The van der Waals surface area contributed by atoms with Crippen molar-refractivity contribution in [1.29, 1.82) is 0 Å². The molecule has 0 spiro atoms. The summed E-state index contributed by atoms with van der Waals surface area (Å²) in [6, 6.07) is 7.72. The van der Waals surface area contributed by atoms with Crippen LogP contribution in [0, 0.1) is 0 Å². The molecule has 6 nitrogen and oxygen atoms in total. The lowest BCUT2D eigenvalue weighted by Gasteiger charge is -2.22. The Kier molecular flexibility index (Phi) is 4.81. The Morgan fingerprint density at radius 2 is 2.29 bits per heavy atom. The number of nitrogens with zero attached hydrogens (tertiary/aromatic N) is 3. The Hall–Kier alpha value is -1.92. The van der Waals surface area contributed by atoms with Crippen LogP contribution in [0.25, 0.3) is 5.69 Å². The van der Waals surface area contributed by atoms with E-state index in [1.807, 2.05) is 24.3 Å². The third-order valence-corrected chi connectivity index (χ3v) is 3.30. The van der Waals surface area contributed by atoms with Gasteiger partial charge in [-0.1, -0.05) is 11.3 Å². The summed E-state index contributed by atoms with van der Waals surface area (Å²) < 4.78 is 18.5. The van der Waals surface area contributed by atoms with Gasteiger partial charge in [-0.2, -0.15) is 0 Å². The van der Waals surface area contributed by atoms with Crippen LogP contribution in [0.15, 0.2) is 36.7 Å². The molecule has 112 valence electrons. The van der Waals surface area contributed by atoms with Gasteiger partial charge in [0.15, 0.2) is 6.29 Å². The van der Waals surface area contributed by atoms with E-state index in [4.69, 9.17) is 14.2 Å². The van der Waals surface area contributed by atoms with Gasteiger partial charge in [-0.15, -0.1) is 5.10 Å². The molecule has 1 fully saturated rings. The summed E-state index contributed by atoms with van der Waals surface area (Å²) >= 11 is 0. The summed E-state index contributed by atoms with van der Waals surface area (Å²) in [6.07, 6.45) is 6.65. The lowest BCUT2D eigenvalue weighted by Crippen LogP contribution is -2.24. The molecule has 0 saturated carbocycles. The largest absolute Gasteiger partial charge is 0.491 e. The van der Waals surface area contributed by atoms with Crippen molar-refractivity contribution < 1.29 is 14.2 Å². The highest BCUT2D eigenvalue weighted by atomic mass is 16.7. The quantitative estimate of drug-likeness (QED) is 0.763. The number of benzene rings is 1. The zero-order chi connectivity index (χ0) is 14.3. The molecule has 0 radical (unpaired) electrons. The summed E-state index contributed by atoms with van der Waals surface area (Å²) in [4.78, 5) is 0. The van der Waals surface area contributed by atoms with Crippen LogP contribution >= 0.6 is 0 Å². The van der Waals surface area contributed by atoms with Crippen molar-refractivity contribution >= 4 is 0 Å². The predicted molar refractivity (Wildman–Crippen MR) is 76.4 cm³/mol. The van der Waals surface area contributed by atoms with Crippen molar-refractivity contribution in [3.63, 3.8) is 0 Å². The fraction of sp³-hybridized carbons (Fsp3) is 0.467. The molecule has 0 aliphatic carbocycles. The van der Waals surface area contributed by atoms with Crippen LogP contribution in [-0.4, -0.2) is 41.1 Å². The molecule has 0 N–H and O–H groups in total. The Morgan fingerprint density at radius 3 is 3.10 bits per heavy atom. The maximum Gasteiger partial charge on any atom is 0.157 e. The van der Waals surface area contributed by atoms with Crippen molar-refractivity contribution in [1.82, 2.24) is 15.0 Å². The van der Waals surface area contributed by atoms with Crippen LogP contribution in [0.2, 0.25) is 0 Å². The first kappa shape index (κ1) is 14.0. The number of rotatable bonds is 6. The fourth-order valence-electron chi connectivity index (χ4n) is 2.24. The van der Waals surface area contributed by atoms with E-state index in [-0.39, 0.29) is 6.29 Å². The molecule has 1 saturated heterocycles. The van der Waals surface area contributed by atoms with E-state index in [9.17, 15) is 0 Å². The highest BCUT2D eigenvalue weighted by molar-refractivity contribution is 5.38. The Balaban J connectivity index is 1.46. The predicted octanol–water partition coefficient (Wildman–Crippen LogP) is 2.19. The Morgan fingerprint density at radius 1 is 1.29 bits per heavy atom. The highest BCUT2D eigenvalue weighted by Gasteiger charge is 2.13. The van der Waals surface area contributed by atoms with Crippen molar-refractivity contribution in [3.8, 4) is 11.4 Å². The Labute approximate surface area is 123 Å². The van der Waals surface area contributed by atoms with Crippen LogP contribution in [-0.2, 0) is 9.47 Å². The first-order valence-corrected chi connectivity index (χ1v) is 7.24. The van der Waals surface area contributed by atoms with E-state index in [0.29, 0.717) is 13.2 Å². The molecule has 21 heavy (non-hydrogen) atoms. The maximum absolute atomic E-state index is 5.69. The van der Waals surface area contributed by atoms with Gasteiger partial charge in [-0.05, 0) is 31.4 Å². The summed E-state index contributed by atoms with van der Waals surface area (Å²) in [5.74, 6) is 0.788. The molecule has 1 unspecified atom stereocenters. The van der Waals surface area contributed by atoms with Gasteiger partial charge in [0.05, 0.1) is 24.7 Å². The average Bonchev–Trinajstić information content (AvgIpc) is 3.07. The molecule has 2 aromatic rings. The first-order valence-electron chi connectivity index (χ1n) is 7.24. The topological polar surface area (TPSA) is 58.4 Å². The van der Waals surface area contributed by atoms with E-state index in [2.05, 4.69) is 10.3 Å². The van der Waals surface area contributed by atoms with E-state index in [1.165, 1.54) is 6.42 Å². The molecule has 1 aromatic carbocycles. The van der Waals surface area contributed by atoms with Crippen LogP contribution in [0.4, 0.5) is 0 Å². The van der Waals surface area contributed by atoms with Crippen molar-refractivity contribution in [2.45, 2.75) is 25.6 Å². The maximum atomic E-state index is 5.69. The van der Waals surface area contributed by atoms with Gasteiger partial charge in [0.1, 0.15) is 12.4 Å². The van der Waals surface area contributed by atoms with E-state index in [1.54, 1.807) is 17.1 Å². The van der Waals surface area contributed by atoms with Crippen LogP contribution in [0.1, 0.15) is 19.3 Å². The van der Waals surface area contributed by atoms with Gasteiger partial charge in [0.25, 0.3) is 0 Å². The van der Waals surface area contributed by atoms with Gasteiger partial charge < -0.3 is 14.2 Å². The molecular weight excluding hydrogens is 270 g/mol. The zero-order valence-corrected chi connectivity index (χ0v) is 11.9. The lowest BCUT2D eigenvalue weighted by atomic mass is 10.2. The molecule has 1 atom stereocenters. The number of hydrogen-bond donors (Lipinski definition) is 0. The van der Waals surface area contributed by atoms with Crippen LogP contribution in [0.3, 0.4) is 0 Å². The molecule has 0 bridgehead atoms. The molecule has 6 heteroatoms. The highest BCUT2D eigenvalue weighted by Crippen LogP contribution is 2.16. The minimum Gasteiger partial charge on any atom is -0.491 e. The van der Waals surface area contributed by atoms with Gasteiger partial charge in [-0.3, -0.25) is 0 Å². The molecular formula is C15H19N3O3. The minimum absolute atomic E-state index is 0.0659. The third kappa shape index (κ3) is 4.03. The molecule has 3 rings (SSSR count). The van der Waals surface area contributed by atoms with Crippen molar-refractivity contribution in [2.75, 3.05) is 19.8 Å². The zero-order valence-electron chi connectivity index (χ0n) is 11.9. The standard InChI is InChI=1S/C15H19N3O3/c1-2-9-20-15(6-1)21-11-10-19-14-5-3-4-13(12-14)18-8-7-16-17-18/h3-5,7-8,12,15H,1-2,6,9-11H2. The van der Waals surface area contributed by atoms with Gasteiger partial charge in [0.2, 0.25) is 0 Å². The molecule has 2 heterocycles. The van der Waals surface area contributed by atoms with Gasteiger partial charge in [-0.25, -0.2) is 4.68 Å². The van der Waals surface area contributed by atoms with Gasteiger partial charge in [0, 0.05) is 12.7 Å². The minimum atomic E-state index is -0.0659. The summed E-state index contributed by atoms with van der Waals surface area (Å²) in [5.41, 5.74) is 0.918. The second-order valence-electron chi connectivity index (χ2n) is 4.86. The van der Waals surface area contributed by atoms with Crippen LogP contribution < -0.4 is 4.74 Å². The van der Waals surface area contributed by atoms with Crippen LogP contribution in [0.5, 0.6) is 5.75 Å². The summed E-state index contributed by atoms with van der Waals surface area (Å²) in [6.45, 7) is 1.82. The molecule has 1 aliphatic heterocycles. The molecule has 1 aliphatic rings. The molecule has 0 amide bonds. The number of ether oxygens (including phenoxy) is 3. The Bertz CT molecular complexity index is 539. The number of hydrogen-bond acceptors (Lipinski definition) is 5. The van der Waals surface area contributed by atoms with Gasteiger partial charge >= 0.3 is 0 Å².